The predicted molar refractivity (Wildman–Crippen MR) is 79.2 cm³/mol. The Bertz CT molecular complexity index is 899. The van der Waals surface area contributed by atoms with Gasteiger partial charge in [0.05, 0.1) is 13.1 Å². The third-order valence-electron chi connectivity index (χ3n) is 2.85. The van der Waals surface area contributed by atoms with Crippen molar-refractivity contribution in [1.29, 1.82) is 0 Å². The number of hydrogen-bond donors (Lipinski definition) is 0. The van der Waals surface area contributed by atoms with Crippen LogP contribution in [0.1, 0.15) is 6.92 Å². The highest BCUT2D eigenvalue weighted by Crippen LogP contribution is 2.15. The Morgan fingerprint density at radius 2 is 2.00 bits per heavy atom. The van der Waals surface area contributed by atoms with E-state index >= 15 is 0 Å². The maximum Gasteiger partial charge on any atom is 0.333 e. The zero-order chi connectivity index (χ0) is 14.9. The number of halogens is 1. The van der Waals surface area contributed by atoms with Gasteiger partial charge in [0.15, 0.2) is 15.9 Å². The lowest BCUT2D eigenvalue weighted by atomic mass is 10.4. The van der Waals surface area contributed by atoms with Crippen molar-refractivity contribution in [2.75, 3.05) is 0 Å². The van der Waals surface area contributed by atoms with Crippen LogP contribution in [-0.4, -0.2) is 18.7 Å². The minimum atomic E-state index is -0.487. The first kappa shape index (κ1) is 14.2. The van der Waals surface area contributed by atoms with E-state index < -0.39 is 11.2 Å². The van der Waals surface area contributed by atoms with Crippen LogP contribution in [0, 0.1) is 24.2 Å². The van der Waals surface area contributed by atoms with E-state index in [0.29, 0.717) is 22.4 Å². The van der Waals surface area contributed by atoms with Gasteiger partial charge in [-0.15, -0.1) is 12.3 Å². The van der Waals surface area contributed by atoms with Gasteiger partial charge in [0.2, 0.25) is 0 Å². The molecule has 0 saturated carbocycles. The zero-order valence-electron chi connectivity index (χ0n) is 11.0. The number of nitrogens with zero attached hydrogens (tertiary/aromatic N) is 4. The van der Waals surface area contributed by atoms with Crippen molar-refractivity contribution in [2.45, 2.75) is 20.0 Å². The average molecular weight is 335 g/mol. The highest BCUT2D eigenvalue weighted by atomic mass is 79.9. The first-order chi connectivity index (χ1) is 9.52. The number of aryl methyl sites for hydroxylation is 1. The van der Waals surface area contributed by atoms with Crippen LogP contribution in [0.5, 0.6) is 0 Å². The van der Waals surface area contributed by atoms with Gasteiger partial charge in [-0.3, -0.25) is 9.36 Å². The lowest BCUT2D eigenvalue weighted by molar-refractivity contribution is 0.672. The van der Waals surface area contributed by atoms with Gasteiger partial charge >= 0.3 is 5.69 Å². The molecule has 102 valence electrons. The van der Waals surface area contributed by atoms with Crippen molar-refractivity contribution >= 4 is 27.1 Å². The van der Waals surface area contributed by atoms with E-state index in [0.717, 1.165) is 4.57 Å². The summed E-state index contributed by atoms with van der Waals surface area (Å²) < 4.78 is 4.36. The van der Waals surface area contributed by atoms with Gasteiger partial charge in [0.25, 0.3) is 5.56 Å². The molecule has 2 aromatic rings. The topological polar surface area (TPSA) is 61.8 Å². The van der Waals surface area contributed by atoms with E-state index in [2.05, 4.69) is 38.7 Å². The number of imidazole rings is 1. The van der Waals surface area contributed by atoms with Crippen molar-refractivity contribution in [3.05, 3.63) is 25.6 Å². The minimum absolute atomic E-state index is 0.0797. The monoisotopic (exact) mass is 334 g/mol. The van der Waals surface area contributed by atoms with Crippen LogP contribution in [0.25, 0.3) is 11.2 Å². The van der Waals surface area contributed by atoms with E-state index in [9.17, 15) is 9.59 Å². The molecule has 0 bridgehead atoms. The summed E-state index contributed by atoms with van der Waals surface area (Å²) in [6.45, 7) is 1.93. The van der Waals surface area contributed by atoms with Crippen LogP contribution >= 0.6 is 15.9 Å². The van der Waals surface area contributed by atoms with Gasteiger partial charge in [-0.2, -0.15) is 0 Å². The molecule has 0 N–H and O–H groups in total. The Morgan fingerprint density at radius 1 is 1.30 bits per heavy atom. The van der Waals surface area contributed by atoms with E-state index in [1.54, 1.807) is 18.5 Å². The summed E-state index contributed by atoms with van der Waals surface area (Å²) >= 11 is 3.28. The van der Waals surface area contributed by atoms with Gasteiger partial charge in [-0.25, -0.2) is 14.3 Å². The number of terminal acetylenes is 1. The molecule has 7 heteroatoms. The van der Waals surface area contributed by atoms with Crippen LogP contribution in [0.3, 0.4) is 0 Å². The molecule has 0 amide bonds. The normalized spacial score (nSPS) is 10.1. The highest BCUT2D eigenvalue weighted by Gasteiger charge is 2.18. The second kappa shape index (κ2) is 5.40. The fraction of sp³-hybridized carbons (Fsp3) is 0.308. The van der Waals surface area contributed by atoms with Crippen LogP contribution in [0.4, 0.5) is 0 Å². The highest BCUT2D eigenvalue weighted by molar-refractivity contribution is 9.10. The van der Waals surface area contributed by atoms with E-state index in [1.807, 2.05) is 0 Å². The van der Waals surface area contributed by atoms with Crippen molar-refractivity contribution in [3.63, 3.8) is 0 Å². The van der Waals surface area contributed by atoms with Crippen LogP contribution < -0.4 is 11.2 Å². The minimum Gasteiger partial charge on any atom is -0.301 e. The summed E-state index contributed by atoms with van der Waals surface area (Å²) in [5, 5.41) is 0. The summed E-state index contributed by atoms with van der Waals surface area (Å²) in [6, 6.07) is 0. The summed E-state index contributed by atoms with van der Waals surface area (Å²) in [5.74, 6) is 7.92. The van der Waals surface area contributed by atoms with Crippen LogP contribution in [-0.2, 0) is 20.1 Å². The first-order valence-corrected chi connectivity index (χ1v) is 6.50. The van der Waals surface area contributed by atoms with Gasteiger partial charge in [0, 0.05) is 7.05 Å². The van der Waals surface area contributed by atoms with Crippen molar-refractivity contribution in [3.8, 4) is 24.2 Å². The Kier molecular flexibility index (Phi) is 3.82. The predicted octanol–water partition coefficient (Wildman–Crippen LogP) is 0.316. The first-order valence-electron chi connectivity index (χ1n) is 5.71. The molecule has 0 aliphatic heterocycles. The lowest BCUT2D eigenvalue weighted by Gasteiger charge is -2.06. The van der Waals surface area contributed by atoms with Gasteiger partial charge < -0.3 is 4.57 Å². The summed E-state index contributed by atoms with van der Waals surface area (Å²) in [7, 11) is 1.55. The molecule has 0 atom stereocenters. The molecule has 0 spiro atoms. The standard InChI is InChI=1S/C13H11BrN4O2/c1-4-6-8-17-9-10(15-12(17)14)16(3)13(20)18(7-5-2)11(9)19/h2H,7-8H2,1,3H3. The fourth-order valence-corrected chi connectivity index (χ4v) is 2.35. The maximum atomic E-state index is 12.4. The second-order valence-electron chi connectivity index (χ2n) is 4.00. The van der Waals surface area contributed by atoms with E-state index in [1.165, 1.54) is 4.57 Å². The van der Waals surface area contributed by atoms with Crippen LogP contribution in [0.15, 0.2) is 14.3 Å². The summed E-state index contributed by atoms with van der Waals surface area (Å²) in [4.78, 5) is 28.7. The van der Waals surface area contributed by atoms with Crippen molar-refractivity contribution in [2.24, 2.45) is 7.05 Å². The smallest absolute Gasteiger partial charge is 0.301 e. The number of hydrogen-bond acceptors (Lipinski definition) is 3. The molecule has 0 unspecified atom stereocenters. The second-order valence-corrected chi connectivity index (χ2v) is 4.71. The molecule has 2 heterocycles. The third kappa shape index (κ3) is 2.06. The Morgan fingerprint density at radius 3 is 2.60 bits per heavy atom. The Balaban J connectivity index is 2.95. The van der Waals surface area contributed by atoms with E-state index in [-0.39, 0.29) is 6.54 Å². The molecular formula is C13H11BrN4O2. The molecule has 0 aliphatic carbocycles. The Hall–Kier alpha value is -2.25. The van der Waals surface area contributed by atoms with Crippen molar-refractivity contribution in [1.82, 2.24) is 18.7 Å². The molecule has 0 fully saturated rings. The molecule has 20 heavy (non-hydrogen) atoms. The van der Waals surface area contributed by atoms with Crippen LogP contribution in [0.2, 0.25) is 0 Å². The molecule has 0 aliphatic rings. The number of rotatable bonds is 2. The van der Waals surface area contributed by atoms with Crippen molar-refractivity contribution < 1.29 is 0 Å². The summed E-state index contributed by atoms with van der Waals surface area (Å²) in [6.07, 6.45) is 5.20. The van der Waals surface area contributed by atoms with Gasteiger partial charge in [0.1, 0.15) is 0 Å². The molecule has 6 nitrogen and oxygen atoms in total. The largest absolute Gasteiger partial charge is 0.333 e. The number of fused-ring (bicyclic) bond motifs is 1. The molecular weight excluding hydrogens is 324 g/mol. The van der Waals surface area contributed by atoms with Gasteiger partial charge in [-0.1, -0.05) is 11.8 Å². The molecule has 0 saturated heterocycles. The molecule has 0 aromatic carbocycles. The maximum absolute atomic E-state index is 12.4. The van der Waals surface area contributed by atoms with E-state index in [4.69, 9.17) is 6.42 Å². The molecule has 2 rings (SSSR count). The third-order valence-corrected chi connectivity index (χ3v) is 3.45. The fourth-order valence-electron chi connectivity index (χ4n) is 1.88. The average Bonchev–Trinajstić information content (AvgIpc) is 2.76. The summed E-state index contributed by atoms with van der Waals surface area (Å²) in [5.41, 5.74) is -0.341. The number of aromatic nitrogens is 4. The Labute approximate surface area is 123 Å². The molecule has 2 aromatic heterocycles. The quantitative estimate of drug-likeness (QED) is 0.586. The van der Waals surface area contributed by atoms with Gasteiger partial charge in [-0.05, 0) is 22.9 Å². The SMILES string of the molecule is C#CCn1c(=O)c2c(nc(Br)n2CC#CC)n(C)c1=O. The zero-order valence-corrected chi connectivity index (χ0v) is 12.6. The molecule has 0 radical (unpaired) electrons. The lowest BCUT2D eigenvalue weighted by Crippen LogP contribution is -2.39.